The first kappa shape index (κ1) is 88.6. The highest BCUT2D eigenvalue weighted by Crippen LogP contribution is 2.21. The maximum absolute atomic E-state index is 12.4. The summed E-state index contributed by atoms with van der Waals surface area (Å²) in [6, 6.07) is 0. The summed E-state index contributed by atoms with van der Waals surface area (Å²) in [5.74, 6) is -0.563. The third kappa shape index (κ3) is 80.0. The first-order valence-electron chi connectivity index (χ1n) is 41.3. The lowest BCUT2D eigenvalue weighted by molar-refractivity contribution is -0.161. The number of carbonyl (C=O) groups excluding carboxylic acids is 2. The highest BCUT2D eigenvalue weighted by molar-refractivity contribution is 5.70. The van der Waals surface area contributed by atoms with Crippen molar-refractivity contribution < 1.29 is 24.2 Å². The fourth-order valence-electron chi connectivity index (χ4n) is 12.9. The number of aliphatic hydroxyl groups is 1. The molecule has 0 aromatic rings. The minimum atomic E-state index is -0.772. The predicted octanol–water partition coefficient (Wildman–Crippen LogP) is 29.2. The molecule has 0 spiro atoms. The van der Waals surface area contributed by atoms with Crippen LogP contribution in [0.5, 0.6) is 0 Å². The van der Waals surface area contributed by atoms with Crippen LogP contribution in [0.15, 0.2) is 60.8 Å². The van der Waals surface area contributed by atoms with Crippen LogP contribution in [0.2, 0.25) is 0 Å². The van der Waals surface area contributed by atoms with Gasteiger partial charge in [0.05, 0.1) is 6.61 Å². The lowest BCUT2D eigenvalue weighted by Gasteiger charge is -2.15. The summed E-state index contributed by atoms with van der Waals surface area (Å²) >= 11 is 0. The molecule has 0 aliphatic carbocycles. The molecule has 0 aromatic carbocycles. The van der Waals surface area contributed by atoms with Crippen molar-refractivity contribution in [3.8, 4) is 0 Å². The Labute approximate surface area is 570 Å². The molecule has 0 radical (unpaired) electrons. The van der Waals surface area contributed by atoms with Gasteiger partial charge in [0.25, 0.3) is 0 Å². The van der Waals surface area contributed by atoms with Crippen molar-refractivity contribution in [2.45, 2.75) is 463 Å². The summed E-state index contributed by atoms with van der Waals surface area (Å²) in [5, 5.41) is 9.73. The van der Waals surface area contributed by atoms with Crippen molar-refractivity contribution in [3.05, 3.63) is 60.8 Å². The van der Waals surface area contributed by atoms with Crippen molar-refractivity contribution in [3.63, 3.8) is 0 Å². The molecular formula is C86H160O5. The van der Waals surface area contributed by atoms with E-state index in [0.29, 0.717) is 12.8 Å². The molecule has 0 aliphatic heterocycles. The molecule has 91 heavy (non-hydrogen) atoms. The van der Waals surface area contributed by atoms with Crippen LogP contribution in [0, 0.1) is 0 Å². The van der Waals surface area contributed by atoms with Gasteiger partial charge in [-0.1, -0.05) is 447 Å². The predicted molar refractivity (Wildman–Crippen MR) is 404 cm³/mol. The molecule has 0 aromatic heterocycles. The normalized spacial score (nSPS) is 12.4. The molecule has 1 N–H and O–H groups in total. The van der Waals surface area contributed by atoms with Crippen molar-refractivity contribution in [1.82, 2.24) is 0 Å². The van der Waals surface area contributed by atoms with Crippen LogP contribution in [0.1, 0.15) is 457 Å². The fourth-order valence-corrected chi connectivity index (χ4v) is 12.9. The zero-order valence-corrected chi connectivity index (χ0v) is 61.6. The summed E-state index contributed by atoms with van der Waals surface area (Å²) in [5.41, 5.74) is 0. The SMILES string of the molecule is CC/C=C\C/C=C\C/C=C\C/C=C\C/C=C\CCCCCCCCCCCCCCCCCCCCCCCC(=O)OC(CO)COC(=O)CCCCCCCCCCCCCCCCCCCCCCCCCCCCCCCCCCCCCCCCCC. The Hall–Kier alpha value is -2.40. The number of hydrogen-bond donors (Lipinski definition) is 1. The topological polar surface area (TPSA) is 72.8 Å². The first-order valence-corrected chi connectivity index (χ1v) is 41.3. The Morgan fingerprint density at radius 1 is 0.264 bits per heavy atom. The Balaban J connectivity index is 3.36. The van der Waals surface area contributed by atoms with Crippen LogP contribution < -0.4 is 0 Å². The van der Waals surface area contributed by atoms with Crippen LogP contribution in [-0.2, 0) is 19.1 Å². The smallest absolute Gasteiger partial charge is 0.306 e. The van der Waals surface area contributed by atoms with E-state index in [1.165, 1.54) is 366 Å². The Morgan fingerprint density at radius 2 is 0.473 bits per heavy atom. The number of allylic oxidation sites excluding steroid dienone is 10. The third-order valence-corrected chi connectivity index (χ3v) is 19.1. The van der Waals surface area contributed by atoms with Gasteiger partial charge in [0, 0.05) is 12.8 Å². The lowest BCUT2D eigenvalue weighted by atomic mass is 10.0. The van der Waals surface area contributed by atoms with Gasteiger partial charge in [-0.15, -0.1) is 0 Å². The number of hydrogen-bond acceptors (Lipinski definition) is 5. The molecule has 0 saturated heterocycles. The van der Waals surface area contributed by atoms with Crippen molar-refractivity contribution in [2.75, 3.05) is 13.2 Å². The molecule has 1 atom stereocenters. The van der Waals surface area contributed by atoms with E-state index in [1.807, 2.05) is 0 Å². The molecule has 0 bridgehead atoms. The highest BCUT2D eigenvalue weighted by atomic mass is 16.6. The number of rotatable bonds is 78. The number of ether oxygens (including phenoxy) is 2. The number of aliphatic hydroxyl groups excluding tert-OH is 1. The summed E-state index contributed by atoms with van der Waals surface area (Å²) in [6.07, 6.45) is 113. The van der Waals surface area contributed by atoms with E-state index in [2.05, 4.69) is 74.6 Å². The molecule has 5 nitrogen and oxygen atoms in total. The quantitative estimate of drug-likeness (QED) is 0.0373. The van der Waals surface area contributed by atoms with Crippen LogP contribution in [-0.4, -0.2) is 36.4 Å². The minimum absolute atomic E-state index is 0.0594. The zero-order valence-electron chi connectivity index (χ0n) is 61.6. The van der Waals surface area contributed by atoms with Gasteiger partial charge in [-0.3, -0.25) is 9.59 Å². The minimum Gasteiger partial charge on any atom is -0.462 e. The molecule has 0 fully saturated rings. The first-order chi connectivity index (χ1) is 45.1. The molecule has 1 unspecified atom stereocenters. The van der Waals surface area contributed by atoms with E-state index in [4.69, 9.17) is 9.47 Å². The average Bonchev–Trinajstić information content (AvgIpc) is 3.69. The van der Waals surface area contributed by atoms with Gasteiger partial charge >= 0.3 is 11.9 Å². The van der Waals surface area contributed by atoms with E-state index >= 15 is 0 Å². The van der Waals surface area contributed by atoms with Crippen LogP contribution in [0.25, 0.3) is 0 Å². The van der Waals surface area contributed by atoms with Crippen LogP contribution >= 0.6 is 0 Å². The molecule has 0 heterocycles. The lowest BCUT2D eigenvalue weighted by Crippen LogP contribution is -2.28. The molecule has 0 amide bonds. The van der Waals surface area contributed by atoms with Crippen molar-refractivity contribution >= 4 is 11.9 Å². The third-order valence-electron chi connectivity index (χ3n) is 19.1. The Morgan fingerprint density at radius 3 is 0.714 bits per heavy atom. The Kier molecular flexibility index (Phi) is 79.7. The number of unbranched alkanes of at least 4 members (excludes halogenated alkanes) is 60. The standard InChI is InChI=1S/C86H160O5/c1-3-5-7-9-11-13-15-17-19-21-23-25-27-29-31-33-35-37-39-41-42-43-45-46-48-50-52-54-56-58-60-62-64-66-68-70-72-74-76-78-80-85(88)90-83-84(82-87)91-86(89)81-79-77-75-73-71-69-67-65-63-61-59-57-55-53-51-49-47-44-40-38-36-34-32-30-28-26-24-22-20-18-16-14-12-10-8-6-4-2/h6,8,12,14,18,20,24,26,30,32,84,87H,3-5,7,9-11,13,15-17,19,21-23,25,27-29,31,33-83H2,1-2H3/b8-6-,14-12-,20-18-,26-24-,32-30-. The van der Waals surface area contributed by atoms with Crippen molar-refractivity contribution in [2.24, 2.45) is 0 Å². The van der Waals surface area contributed by atoms with Crippen LogP contribution in [0.3, 0.4) is 0 Å². The maximum Gasteiger partial charge on any atom is 0.306 e. The second-order valence-corrected chi connectivity index (χ2v) is 28.2. The number of esters is 2. The molecule has 534 valence electrons. The van der Waals surface area contributed by atoms with Crippen molar-refractivity contribution in [1.29, 1.82) is 0 Å². The summed E-state index contributed by atoms with van der Waals surface area (Å²) in [6.45, 7) is 4.10. The van der Waals surface area contributed by atoms with E-state index in [-0.39, 0.29) is 25.2 Å². The zero-order chi connectivity index (χ0) is 65.4. The molecule has 5 heteroatoms. The van der Waals surface area contributed by atoms with Crippen LogP contribution in [0.4, 0.5) is 0 Å². The van der Waals surface area contributed by atoms with Gasteiger partial charge in [-0.2, -0.15) is 0 Å². The second kappa shape index (κ2) is 81.8. The summed E-state index contributed by atoms with van der Waals surface area (Å²) in [7, 11) is 0. The summed E-state index contributed by atoms with van der Waals surface area (Å²) in [4.78, 5) is 24.7. The molecule has 0 saturated carbocycles. The summed E-state index contributed by atoms with van der Waals surface area (Å²) < 4.78 is 10.8. The molecule has 0 aliphatic rings. The Bertz CT molecular complexity index is 1540. The maximum atomic E-state index is 12.4. The highest BCUT2D eigenvalue weighted by Gasteiger charge is 2.16. The van der Waals surface area contributed by atoms with Gasteiger partial charge in [0.1, 0.15) is 6.61 Å². The van der Waals surface area contributed by atoms with Gasteiger partial charge in [-0.25, -0.2) is 0 Å². The van der Waals surface area contributed by atoms with Gasteiger partial charge < -0.3 is 14.6 Å². The fraction of sp³-hybridized carbons (Fsp3) is 0.860. The van der Waals surface area contributed by atoms with E-state index in [1.54, 1.807) is 0 Å². The second-order valence-electron chi connectivity index (χ2n) is 28.2. The van der Waals surface area contributed by atoms with Gasteiger partial charge in [0.2, 0.25) is 0 Å². The van der Waals surface area contributed by atoms with Gasteiger partial charge in [0.15, 0.2) is 6.10 Å². The number of carbonyl (C=O) groups is 2. The van der Waals surface area contributed by atoms with E-state index in [9.17, 15) is 14.7 Å². The van der Waals surface area contributed by atoms with Gasteiger partial charge in [-0.05, 0) is 57.8 Å². The molecular weight excluding hydrogens is 1110 g/mol. The van der Waals surface area contributed by atoms with E-state index in [0.717, 1.165) is 64.2 Å². The largest absolute Gasteiger partial charge is 0.462 e. The van der Waals surface area contributed by atoms with E-state index < -0.39 is 6.10 Å². The molecule has 0 rings (SSSR count). The monoisotopic (exact) mass is 1270 g/mol. The average molecular weight is 1270 g/mol.